The Kier molecular flexibility index (Phi) is 6.14. The van der Waals surface area contributed by atoms with Crippen molar-refractivity contribution < 1.29 is 0 Å². The van der Waals surface area contributed by atoms with E-state index in [1.54, 1.807) is 0 Å². The highest BCUT2D eigenvalue weighted by molar-refractivity contribution is 9.11. The third-order valence-electron chi connectivity index (χ3n) is 3.61. The summed E-state index contributed by atoms with van der Waals surface area (Å²) in [5.74, 6) is 0. The lowest BCUT2D eigenvalue weighted by molar-refractivity contribution is 1.68. The maximum Gasteiger partial charge on any atom is 0.0265 e. The molecule has 4 rings (SSSR count). The van der Waals surface area contributed by atoms with Crippen LogP contribution in [0.25, 0.3) is 21.5 Å². The van der Waals surface area contributed by atoms with Gasteiger partial charge in [0.2, 0.25) is 0 Å². The Morgan fingerprint density at radius 3 is 0.833 bits per heavy atom. The maximum absolute atomic E-state index is 3.52. The lowest BCUT2D eigenvalue weighted by Crippen LogP contribution is -1.74. The van der Waals surface area contributed by atoms with E-state index in [1.807, 2.05) is 48.5 Å². The van der Waals surface area contributed by atoms with E-state index in [0.29, 0.717) is 0 Å². The zero-order valence-corrected chi connectivity index (χ0v) is 18.8. The van der Waals surface area contributed by atoms with Crippen molar-refractivity contribution in [2.24, 2.45) is 0 Å². The SMILES string of the molecule is Brc1cccc2cccc(Br)c12.Brc1cccc2cccc(Br)c12. The summed E-state index contributed by atoms with van der Waals surface area (Å²) in [6.07, 6.45) is 0. The van der Waals surface area contributed by atoms with Crippen molar-refractivity contribution in [2.75, 3.05) is 0 Å². The molecule has 120 valence electrons. The molecule has 0 aliphatic carbocycles. The summed E-state index contributed by atoms with van der Waals surface area (Å²) in [4.78, 5) is 0. The zero-order chi connectivity index (χ0) is 17.1. The average molecular weight is 572 g/mol. The van der Waals surface area contributed by atoms with Gasteiger partial charge in [0, 0.05) is 28.7 Å². The number of hydrogen-bond acceptors (Lipinski definition) is 0. The van der Waals surface area contributed by atoms with E-state index in [4.69, 9.17) is 0 Å². The van der Waals surface area contributed by atoms with Crippen LogP contribution in [0.15, 0.2) is 90.7 Å². The third kappa shape index (κ3) is 3.93. The summed E-state index contributed by atoms with van der Waals surface area (Å²) in [5.41, 5.74) is 0. The number of hydrogen-bond donors (Lipinski definition) is 0. The molecule has 0 saturated carbocycles. The number of halogens is 4. The molecule has 0 fully saturated rings. The van der Waals surface area contributed by atoms with E-state index in [9.17, 15) is 0 Å². The van der Waals surface area contributed by atoms with Gasteiger partial charge in [0.1, 0.15) is 0 Å². The fraction of sp³-hybridized carbons (Fsp3) is 0. The Morgan fingerprint density at radius 1 is 0.375 bits per heavy atom. The largest absolute Gasteiger partial charge is 0.0605 e. The van der Waals surface area contributed by atoms with Crippen LogP contribution in [0.1, 0.15) is 0 Å². The third-order valence-corrected chi connectivity index (χ3v) is 6.25. The maximum atomic E-state index is 3.52. The second kappa shape index (κ2) is 8.13. The number of rotatable bonds is 0. The van der Waals surface area contributed by atoms with Crippen LogP contribution in [0.2, 0.25) is 0 Å². The van der Waals surface area contributed by atoms with Gasteiger partial charge in [-0.25, -0.2) is 0 Å². The van der Waals surface area contributed by atoms with Crippen LogP contribution in [-0.2, 0) is 0 Å². The molecule has 0 aromatic heterocycles. The molecule has 0 bridgehead atoms. The molecule has 0 heterocycles. The molecule has 0 amide bonds. The van der Waals surface area contributed by atoms with Crippen LogP contribution >= 0.6 is 63.7 Å². The van der Waals surface area contributed by atoms with Crippen molar-refractivity contribution >= 4 is 85.3 Å². The first-order valence-electron chi connectivity index (χ1n) is 7.23. The average Bonchev–Trinajstić information content (AvgIpc) is 2.56. The molecule has 4 aromatic rings. The zero-order valence-electron chi connectivity index (χ0n) is 12.4. The van der Waals surface area contributed by atoms with E-state index >= 15 is 0 Å². The highest BCUT2D eigenvalue weighted by Crippen LogP contribution is 2.31. The van der Waals surface area contributed by atoms with Crippen molar-refractivity contribution in [3.8, 4) is 0 Å². The molecule has 24 heavy (non-hydrogen) atoms. The van der Waals surface area contributed by atoms with Crippen LogP contribution in [-0.4, -0.2) is 0 Å². The Hall–Kier alpha value is -0.680. The predicted molar refractivity (Wildman–Crippen MR) is 119 cm³/mol. The summed E-state index contributed by atoms with van der Waals surface area (Å²) in [6.45, 7) is 0. The van der Waals surface area contributed by atoms with Gasteiger partial charge >= 0.3 is 0 Å². The molecule has 0 atom stereocenters. The van der Waals surface area contributed by atoms with E-state index in [2.05, 4.69) is 88.0 Å². The van der Waals surface area contributed by atoms with Gasteiger partial charge in [0.25, 0.3) is 0 Å². The standard InChI is InChI=1S/2C10H6Br2/c2*11-8-5-1-3-7-4-2-6-9(12)10(7)8/h2*1-6H. The van der Waals surface area contributed by atoms with Gasteiger partial charge in [-0.05, 0) is 35.0 Å². The molecule has 4 heteroatoms. The van der Waals surface area contributed by atoms with Crippen molar-refractivity contribution in [3.63, 3.8) is 0 Å². The Balaban J connectivity index is 0.000000141. The number of fused-ring (bicyclic) bond motifs is 2. The minimum atomic E-state index is 1.13. The van der Waals surface area contributed by atoms with Gasteiger partial charge in [0.05, 0.1) is 0 Å². The van der Waals surface area contributed by atoms with Gasteiger partial charge < -0.3 is 0 Å². The summed E-state index contributed by atoms with van der Waals surface area (Å²) >= 11 is 14.1. The molecular formula is C20H12Br4. The van der Waals surface area contributed by atoms with Crippen LogP contribution in [0.4, 0.5) is 0 Å². The first kappa shape index (κ1) is 18.1. The molecule has 0 aliphatic heterocycles. The van der Waals surface area contributed by atoms with Gasteiger partial charge in [0.15, 0.2) is 0 Å². The van der Waals surface area contributed by atoms with Crippen molar-refractivity contribution in [1.29, 1.82) is 0 Å². The number of benzene rings is 4. The fourth-order valence-electron chi connectivity index (χ4n) is 2.50. The summed E-state index contributed by atoms with van der Waals surface area (Å²) < 4.78 is 4.53. The predicted octanol–water partition coefficient (Wildman–Crippen LogP) is 8.73. The fourth-order valence-corrected chi connectivity index (χ4v) is 5.42. The second-order valence-electron chi connectivity index (χ2n) is 5.16. The minimum Gasteiger partial charge on any atom is -0.0605 e. The van der Waals surface area contributed by atoms with Crippen molar-refractivity contribution in [1.82, 2.24) is 0 Å². The van der Waals surface area contributed by atoms with Crippen molar-refractivity contribution in [3.05, 3.63) is 90.7 Å². The van der Waals surface area contributed by atoms with E-state index in [1.165, 1.54) is 21.5 Å². The molecule has 0 unspecified atom stereocenters. The quantitative estimate of drug-likeness (QED) is 0.198. The van der Waals surface area contributed by atoms with Gasteiger partial charge in [-0.15, -0.1) is 0 Å². The lowest BCUT2D eigenvalue weighted by atomic mass is 10.1. The topological polar surface area (TPSA) is 0 Å². The molecule has 0 aliphatic rings. The van der Waals surface area contributed by atoms with Gasteiger partial charge in [-0.2, -0.15) is 0 Å². The molecule has 4 aromatic carbocycles. The Morgan fingerprint density at radius 2 is 0.625 bits per heavy atom. The van der Waals surface area contributed by atoms with Crippen LogP contribution in [0, 0.1) is 0 Å². The van der Waals surface area contributed by atoms with Crippen LogP contribution in [0.3, 0.4) is 0 Å². The molecule has 0 radical (unpaired) electrons. The van der Waals surface area contributed by atoms with Crippen molar-refractivity contribution in [2.45, 2.75) is 0 Å². The molecule has 0 N–H and O–H groups in total. The first-order chi connectivity index (χ1) is 11.6. The smallest absolute Gasteiger partial charge is 0.0265 e. The summed E-state index contributed by atoms with van der Waals surface area (Å²) in [7, 11) is 0. The highest BCUT2D eigenvalue weighted by Gasteiger charge is 2.01. The molecule has 0 saturated heterocycles. The van der Waals surface area contributed by atoms with E-state index < -0.39 is 0 Å². The van der Waals surface area contributed by atoms with E-state index in [0.717, 1.165) is 17.9 Å². The summed E-state index contributed by atoms with van der Waals surface area (Å²) in [5, 5.41) is 4.97. The highest BCUT2D eigenvalue weighted by atomic mass is 79.9. The second-order valence-corrected chi connectivity index (χ2v) is 8.57. The van der Waals surface area contributed by atoms with E-state index in [-0.39, 0.29) is 0 Å². The van der Waals surface area contributed by atoms with Crippen LogP contribution in [0.5, 0.6) is 0 Å². The Labute approximate surface area is 174 Å². The molecular weight excluding hydrogens is 560 g/mol. The molecule has 0 nitrogen and oxygen atoms in total. The summed E-state index contributed by atoms with van der Waals surface area (Å²) in [6, 6.07) is 24.8. The van der Waals surface area contributed by atoms with Crippen LogP contribution < -0.4 is 0 Å². The minimum absolute atomic E-state index is 1.13. The molecule has 0 spiro atoms. The van der Waals surface area contributed by atoms with Gasteiger partial charge in [-0.3, -0.25) is 0 Å². The monoisotopic (exact) mass is 568 g/mol. The normalized spacial score (nSPS) is 10.5. The Bertz CT molecular complexity index is 852. The van der Waals surface area contributed by atoms with Gasteiger partial charge in [-0.1, -0.05) is 112 Å². The first-order valence-corrected chi connectivity index (χ1v) is 10.4. The lowest BCUT2D eigenvalue weighted by Gasteiger charge is -2.01.